The Labute approximate surface area is 169 Å². The normalized spacial score (nSPS) is 27.2. The second-order valence-corrected chi connectivity index (χ2v) is 14.4. The van der Waals surface area contributed by atoms with Crippen LogP contribution in [0.5, 0.6) is 0 Å². The fraction of sp³-hybridized carbons (Fsp3) is 0.750. The zero-order valence-electron chi connectivity index (χ0n) is 18.7. The van der Waals surface area contributed by atoms with E-state index < -0.39 is 8.32 Å². The summed E-state index contributed by atoms with van der Waals surface area (Å²) in [4.78, 5) is 0. The van der Waals surface area contributed by atoms with E-state index in [1.807, 2.05) is 7.11 Å². The van der Waals surface area contributed by atoms with Crippen LogP contribution in [0.15, 0.2) is 35.1 Å². The molecule has 2 nitrogen and oxygen atoms in total. The zero-order valence-corrected chi connectivity index (χ0v) is 19.7. The Balaban J connectivity index is 1.79. The molecule has 154 valence electrons. The number of hydrogen-bond acceptors (Lipinski definition) is 2. The van der Waals surface area contributed by atoms with E-state index in [4.69, 9.17) is 9.16 Å². The smallest absolute Gasteiger partial charge is 0.241 e. The molecular formula is C24H42O2Si. The summed E-state index contributed by atoms with van der Waals surface area (Å²) < 4.78 is 11.8. The second-order valence-electron chi connectivity index (χ2n) is 9.92. The lowest BCUT2D eigenvalue weighted by molar-refractivity contribution is 0.0917. The summed E-state index contributed by atoms with van der Waals surface area (Å²) in [5.41, 5.74) is 3.44. The maximum Gasteiger partial charge on any atom is 0.241 e. The molecule has 0 N–H and O–H groups in total. The average molecular weight is 391 g/mol. The van der Waals surface area contributed by atoms with E-state index in [0.717, 1.165) is 12.8 Å². The van der Waals surface area contributed by atoms with Crippen LogP contribution < -0.4 is 0 Å². The number of rotatable bonds is 9. The molecule has 0 aliphatic heterocycles. The van der Waals surface area contributed by atoms with E-state index in [1.165, 1.54) is 57.1 Å². The van der Waals surface area contributed by atoms with E-state index in [1.54, 1.807) is 11.1 Å². The summed E-state index contributed by atoms with van der Waals surface area (Å²) in [7, 11) is 0.357. The molecule has 27 heavy (non-hydrogen) atoms. The maximum atomic E-state index is 6.30. The van der Waals surface area contributed by atoms with Crippen molar-refractivity contribution in [1.82, 2.24) is 0 Å². The Morgan fingerprint density at radius 3 is 2.81 bits per heavy atom. The van der Waals surface area contributed by atoms with Gasteiger partial charge in [-0.2, -0.15) is 0 Å². The van der Waals surface area contributed by atoms with Gasteiger partial charge >= 0.3 is 0 Å². The summed E-state index contributed by atoms with van der Waals surface area (Å²) in [5, 5.41) is 0. The first-order chi connectivity index (χ1) is 12.7. The average Bonchev–Trinajstić information content (AvgIpc) is 2.59. The van der Waals surface area contributed by atoms with Crippen LogP contribution in [0.4, 0.5) is 0 Å². The van der Waals surface area contributed by atoms with Crippen LogP contribution >= 0.6 is 0 Å². The van der Waals surface area contributed by atoms with Crippen LogP contribution in [0.3, 0.4) is 0 Å². The van der Waals surface area contributed by atoms with Crippen LogP contribution in [0, 0.1) is 5.41 Å². The van der Waals surface area contributed by atoms with E-state index >= 15 is 0 Å². The topological polar surface area (TPSA) is 18.5 Å². The van der Waals surface area contributed by atoms with Crippen LogP contribution in [0.1, 0.15) is 78.1 Å². The van der Waals surface area contributed by atoms with Crippen LogP contribution in [0.25, 0.3) is 0 Å². The van der Waals surface area contributed by atoms with Gasteiger partial charge in [0.25, 0.3) is 0 Å². The van der Waals surface area contributed by atoms with Gasteiger partial charge in [0.15, 0.2) is 0 Å². The highest BCUT2D eigenvalue weighted by Crippen LogP contribution is 2.39. The molecule has 0 spiro atoms. The van der Waals surface area contributed by atoms with Gasteiger partial charge in [0.1, 0.15) is 0 Å². The summed E-state index contributed by atoms with van der Waals surface area (Å²) in [5.74, 6) is 1.27. The quantitative estimate of drug-likeness (QED) is 0.299. The van der Waals surface area contributed by atoms with E-state index in [0.29, 0.717) is 11.5 Å². The number of ether oxygens (including phenoxy) is 1. The van der Waals surface area contributed by atoms with Gasteiger partial charge < -0.3 is 9.16 Å². The van der Waals surface area contributed by atoms with Crippen molar-refractivity contribution in [3.8, 4) is 0 Å². The first kappa shape index (κ1) is 22.5. The lowest BCUT2D eigenvalue weighted by atomic mass is 9.76. The van der Waals surface area contributed by atoms with Crippen LogP contribution in [-0.2, 0) is 9.16 Å². The third kappa shape index (κ3) is 8.39. The lowest BCUT2D eigenvalue weighted by Crippen LogP contribution is -2.28. The Bertz CT molecular complexity index is 567. The van der Waals surface area contributed by atoms with Crippen molar-refractivity contribution in [2.45, 2.75) is 104 Å². The van der Waals surface area contributed by atoms with Crippen LogP contribution in [-0.4, -0.2) is 21.5 Å². The molecular weight excluding hydrogens is 348 g/mol. The largest absolute Gasteiger partial charge is 0.548 e. The summed E-state index contributed by atoms with van der Waals surface area (Å²) in [6.45, 7) is 11.6. The molecule has 0 aromatic carbocycles. The van der Waals surface area contributed by atoms with Crippen molar-refractivity contribution in [1.29, 1.82) is 0 Å². The number of allylic oxidation sites excluding steroid dienone is 5. The maximum absolute atomic E-state index is 6.30. The minimum atomic E-state index is -1.49. The predicted octanol–water partition coefficient (Wildman–Crippen LogP) is 7.54. The van der Waals surface area contributed by atoms with Crippen molar-refractivity contribution in [2.24, 2.45) is 5.41 Å². The standard InChI is InChI=1S/C24H42O2Si/c1-20(10-7-11-21-12-8-13-22(18-21)25-3)15-17-24(2)16-9-14-23(19-24)26-27(4,5)6/h10,12,19,22H,7-9,11,13-18H2,1-6H3/b20-10+. The van der Waals surface area contributed by atoms with Gasteiger partial charge in [-0.25, -0.2) is 0 Å². The summed E-state index contributed by atoms with van der Waals surface area (Å²) >= 11 is 0. The molecule has 0 saturated heterocycles. The van der Waals surface area contributed by atoms with Gasteiger partial charge in [-0.3, -0.25) is 0 Å². The molecule has 0 heterocycles. The van der Waals surface area contributed by atoms with Crippen molar-refractivity contribution in [3.05, 3.63) is 35.1 Å². The fourth-order valence-electron chi connectivity index (χ4n) is 4.32. The van der Waals surface area contributed by atoms with Gasteiger partial charge in [-0.15, -0.1) is 0 Å². The van der Waals surface area contributed by atoms with Gasteiger partial charge in [0.05, 0.1) is 11.9 Å². The Morgan fingerprint density at radius 1 is 1.33 bits per heavy atom. The van der Waals surface area contributed by atoms with E-state index in [-0.39, 0.29) is 0 Å². The number of hydrogen-bond donors (Lipinski definition) is 0. The Hall–Kier alpha value is -0.803. The Morgan fingerprint density at radius 2 is 2.11 bits per heavy atom. The van der Waals surface area contributed by atoms with Crippen molar-refractivity contribution < 1.29 is 9.16 Å². The predicted molar refractivity (Wildman–Crippen MR) is 119 cm³/mol. The molecule has 0 aromatic heterocycles. The highest BCUT2D eigenvalue weighted by molar-refractivity contribution is 6.70. The highest BCUT2D eigenvalue weighted by Gasteiger charge is 2.28. The first-order valence-corrected chi connectivity index (χ1v) is 14.4. The molecule has 0 amide bonds. The van der Waals surface area contributed by atoms with Gasteiger partial charge in [-0.1, -0.05) is 30.2 Å². The molecule has 0 fully saturated rings. The summed E-state index contributed by atoms with van der Waals surface area (Å²) in [6.07, 6.45) is 19.8. The van der Waals surface area contributed by atoms with Gasteiger partial charge in [-0.05, 0) is 95.8 Å². The van der Waals surface area contributed by atoms with Gasteiger partial charge in [0.2, 0.25) is 8.32 Å². The molecule has 2 rings (SSSR count). The third-order valence-corrected chi connectivity index (χ3v) is 6.79. The van der Waals surface area contributed by atoms with Gasteiger partial charge in [0, 0.05) is 13.5 Å². The van der Waals surface area contributed by atoms with E-state index in [9.17, 15) is 0 Å². The minimum absolute atomic E-state index is 0.305. The molecule has 2 aliphatic carbocycles. The lowest BCUT2D eigenvalue weighted by Gasteiger charge is -2.34. The SMILES string of the molecule is COC1CCC=C(CC/C=C(\C)CCC2(C)C=C(O[Si](C)(C)C)CCC2)C1. The first-order valence-electron chi connectivity index (χ1n) is 11.0. The molecule has 2 aliphatic rings. The van der Waals surface area contributed by atoms with Crippen molar-refractivity contribution in [3.63, 3.8) is 0 Å². The fourth-order valence-corrected chi connectivity index (χ4v) is 5.26. The number of methoxy groups -OCH3 is 1. The molecule has 0 radical (unpaired) electrons. The van der Waals surface area contributed by atoms with Crippen LogP contribution in [0.2, 0.25) is 19.6 Å². The molecule has 2 unspecified atom stereocenters. The molecule has 3 heteroatoms. The summed E-state index contributed by atoms with van der Waals surface area (Å²) in [6, 6.07) is 0. The molecule has 0 bridgehead atoms. The molecule has 0 saturated carbocycles. The molecule has 0 aromatic rings. The zero-order chi connectivity index (χ0) is 19.9. The van der Waals surface area contributed by atoms with E-state index in [2.05, 4.69) is 51.7 Å². The monoisotopic (exact) mass is 390 g/mol. The minimum Gasteiger partial charge on any atom is -0.548 e. The highest BCUT2D eigenvalue weighted by atomic mass is 28.4. The van der Waals surface area contributed by atoms with Crippen molar-refractivity contribution in [2.75, 3.05) is 7.11 Å². The Kier molecular flexibility index (Phi) is 8.42. The van der Waals surface area contributed by atoms with Crippen molar-refractivity contribution >= 4 is 8.32 Å². The second kappa shape index (κ2) is 10.1. The molecule has 2 atom stereocenters. The third-order valence-electron chi connectivity index (χ3n) is 5.91.